The molecule has 20 heavy (non-hydrogen) atoms. The zero-order valence-corrected chi connectivity index (χ0v) is 13.4. The van der Waals surface area contributed by atoms with Crippen molar-refractivity contribution in [3.05, 3.63) is 35.4 Å². The number of nitrogens with zero attached hydrogens (tertiary/aromatic N) is 1. The first-order valence-corrected chi connectivity index (χ1v) is 8.04. The van der Waals surface area contributed by atoms with Gasteiger partial charge in [-0.05, 0) is 56.8 Å². The van der Waals surface area contributed by atoms with E-state index in [1.807, 2.05) is 0 Å². The molecule has 1 saturated carbocycles. The average molecular weight is 275 g/mol. The zero-order valence-electron chi connectivity index (χ0n) is 13.4. The molecule has 2 heteroatoms. The van der Waals surface area contributed by atoms with E-state index in [2.05, 4.69) is 56.9 Å². The number of hydrogen-bond donors (Lipinski definition) is 1. The number of benzene rings is 1. The van der Waals surface area contributed by atoms with Crippen LogP contribution in [0.4, 0.5) is 0 Å². The van der Waals surface area contributed by atoms with Crippen LogP contribution in [0.25, 0.3) is 0 Å². The van der Waals surface area contributed by atoms with Crippen LogP contribution in [0.15, 0.2) is 24.3 Å². The Hall–Kier alpha value is -0.860. The Morgan fingerprint density at radius 1 is 1.20 bits per heavy atom. The van der Waals surface area contributed by atoms with Gasteiger partial charge in [-0.15, -0.1) is 0 Å². The molecule has 0 spiro atoms. The van der Waals surface area contributed by atoms with Crippen LogP contribution in [0.5, 0.6) is 0 Å². The molecule has 0 aliphatic heterocycles. The first-order valence-electron chi connectivity index (χ1n) is 8.04. The number of likely N-dealkylation sites (N-methyl/N-ethyl adjacent to an activating group) is 1. The molecule has 2 rings (SSSR count). The van der Waals surface area contributed by atoms with Crippen molar-refractivity contribution in [3.8, 4) is 0 Å². The highest BCUT2D eigenvalue weighted by molar-refractivity contribution is 5.35. The normalized spacial score (nSPS) is 18.1. The molecule has 1 aromatic carbocycles. The van der Waals surface area contributed by atoms with Gasteiger partial charge in [-0.3, -0.25) is 4.90 Å². The van der Waals surface area contributed by atoms with Gasteiger partial charge >= 0.3 is 0 Å². The maximum Gasteiger partial charge on any atom is 0.0970 e. The molecule has 0 bridgehead atoms. The molecule has 0 radical (unpaired) electrons. The Morgan fingerprint density at radius 3 is 2.30 bits per heavy atom. The molecule has 1 N–H and O–H groups in total. The quantitative estimate of drug-likeness (QED) is 0.844. The van der Waals surface area contributed by atoms with Crippen LogP contribution in [-0.4, -0.2) is 28.6 Å². The topological polar surface area (TPSA) is 23.5 Å². The molecule has 0 saturated heterocycles. The minimum atomic E-state index is -0.431. The van der Waals surface area contributed by atoms with Crippen molar-refractivity contribution < 1.29 is 5.11 Å². The first-order chi connectivity index (χ1) is 9.52. The van der Waals surface area contributed by atoms with Gasteiger partial charge in [0.2, 0.25) is 0 Å². The highest BCUT2D eigenvalue weighted by Crippen LogP contribution is 2.42. The second-order valence-electron chi connectivity index (χ2n) is 6.49. The molecule has 0 amide bonds. The van der Waals surface area contributed by atoms with E-state index in [1.54, 1.807) is 0 Å². The summed E-state index contributed by atoms with van der Waals surface area (Å²) in [6.07, 6.45) is 3.44. The molecular weight excluding hydrogens is 246 g/mol. The highest BCUT2D eigenvalue weighted by Gasteiger charge is 2.36. The van der Waals surface area contributed by atoms with E-state index in [0.29, 0.717) is 5.92 Å². The van der Waals surface area contributed by atoms with E-state index in [1.165, 1.54) is 24.8 Å². The summed E-state index contributed by atoms with van der Waals surface area (Å²) in [5.74, 6) is 0.661. The van der Waals surface area contributed by atoms with Crippen LogP contribution >= 0.6 is 0 Å². The van der Waals surface area contributed by atoms with Gasteiger partial charge in [0.15, 0.2) is 0 Å². The first kappa shape index (κ1) is 15.5. The maximum absolute atomic E-state index is 11.0. The van der Waals surface area contributed by atoms with Gasteiger partial charge in [-0.25, -0.2) is 0 Å². The lowest BCUT2D eigenvalue weighted by molar-refractivity contribution is -0.00709. The number of hydrogen-bond acceptors (Lipinski definition) is 2. The number of rotatable bonds is 6. The van der Waals surface area contributed by atoms with Gasteiger partial charge in [-0.1, -0.05) is 44.5 Å². The average Bonchev–Trinajstić information content (AvgIpc) is 2.37. The Kier molecular flexibility index (Phi) is 4.87. The smallest absolute Gasteiger partial charge is 0.0970 e. The van der Waals surface area contributed by atoms with Crippen LogP contribution in [0.3, 0.4) is 0 Å². The molecule has 112 valence electrons. The summed E-state index contributed by atoms with van der Waals surface area (Å²) in [5, 5.41) is 11.0. The Labute approximate surface area is 123 Å². The van der Waals surface area contributed by atoms with E-state index in [0.717, 1.165) is 18.7 Å². The van der Waals surface area contributed by atoms with Crippen LogP contribution in [0.2, 0.25) is 0 Å². The molecule has 1 atom stereocenters. The molecule has 1 unspecified atom stereocenters. The molecule has 1 aliphatic rings. The summed E-state index contributed by atoms with van der Waals surface area (Å²) in [6, 6.07) is 8.48. The second kappa shape index (κ2) is 6.28. The summed E-state index contributed by atoms with van der Waals surface area (Å²) >= 11 is 0. The molecule has 1 aromatic rings. The summed E-state index contributed by atoms with van der Waals surface area (Å²) in [7, 11) is 0. The standard InChI is InChI=1S/C18H29NO/c1-5-19(6-2)18(3,4)17(20)16-13-8-7-12-15(16)14-10-9-11-14/h7-8,12-14,17,20H,5-6,9-11H2,1-4H3. The third-order valence-corrected chi connectivity index (χ3v) is 5.08. The van der Waals surface area contributed by atoms with Crippen LogP contribution < -0.4 is 0 Å². The largest absolute Gasteiger partial charge is 0.386 e. The van der Waals surface area contributed by atoms with Crippen molar-refractivity contribution >= 4 is 0 Å². The van der Waals surface area contributed by atoms with Gasteiger partial charge < -0.3 is 5.11 Å². The summed E-state index contributed by atoms with van der Waals surface area (Å²) in [4.78, 5) is 2.34. The lowest BCUT2D eigenvalue weighted by Gasteiger charge is -2.42. The minimum Gasteiger partial charge on any atom is -0.386 e. The van der Waals surface area contributed by atoms with E-state index >= 15 is 0 Å². The van der Waals surface area contributed by atoms with Crippen LogP contribution in [-0.2, 0) is 0 Å². The molecule has 1 aliphatic carbocycles. The molecule has 2 nitrogen and oxygen atoms in total. The minimum absolute atomic E-state index is 0.233. The highest BCUT2D eigenvalue weighted by atomic mass is 16.3. The van der Waals surface area contributed by atoms with Crippen molar-refractivity contribution in [1.29, 1.82) is 0 Å². The van der Waals surface area contributed by atoms with Crippen LogP contribution in [0.1, 0.15) is 70.1 Å². The SMILES string of the molecule is CCN(CC)C(C)(C)C(O)c1ccccc1C1CCC1. The van der Waals surface area contributed by atoms with Crippen molar-refractivity contribution in [3.63, 3.8) is 0 Å². The molecule has 0 heterocycles. The van der Waals surface area contributed by atoms with Crippen molar-refractivity contribution in [2.45, 2.75) is 64.5 Å². The van der Waals surface area contributed by atoms with Crippen molar-refractivity contribution in [2.75, 3.05) is 13.1 Å². The Morgan fingerprint density at radius 2 is 1.80 bits per heavy atom. The van der Waals surface area contributed by atoms with Crippen molar-refractivity contribution in [1.82, 2.24) is 4.90 Å². The fourth-order valence-electron chi connectivity index (χ4n) is 3.44. The third kappa shape index (κ3) is 2.77. The maximum atomic E-state index is 11.0. The van der Waals surface area contributed by atoms with Gasteiger partial charge in [0, 0.05) is 5.54 Å². The van der Waals surface area contributed by atoms with E-state index in [4.69, 9.17) is 0 Å². The van der Waals surface area contributed by atoms with Gasteiger partial charge in [0.1, 0.15) is 0 Å². The summed E-state index contributed by atoms with van der Waals surface area (Å²) in [5.41, 5.74) is 2.27. The van der Waals surface area contributed by atoms with E-state index < -0.39 is 6.10 Å². The molecule has 0 aromatic heterocycles. The predicted molar refractivity (Wildman–Crippen MR) is 85.0 cm³/mol. The lowest BCUT2D eigenvalue weighted by Crippen LogP contribution is -2.48. The number of aliphatic hydroxyl groups excluding tert-OH is 1. The van der Waals surface area contributed by atoms with Gasteiger partial charge in [0.05, 0.1) is 6.10 Å². The summed E-state index contributed by atoms with van der Waals surface area (Å²) < 4.78 is 0. The Balaban J connectivity index is 2.30. The Bertz CT molecular complexity index is 433. The third-order valence-electron chi connectivity index (χ3n) is 5.08. The second-order valence-corrected chi connectivity index (χ2v) is 6.49. The van der Waals surface area contributed by atoms with Gasteiger partial charge in [0.25, 0.3) is 0 Å². The summed E-state index contributed by atoms with van der Waals surface area (Å²) in [6.45, 7) is 10.6. The lowest BCUT2D eigenvalue weighted by atomic mass is 9.75. The monoisotopic (exact) mass is 275 g/mol. The van der Waals surface area contributed by atoms with E-state index in [9.17, 15) is 5.11 Å². The predicted octanol–water partition coefficient (Wildman–Crippen LogP) is 4.11. The van der Waals surface area contributed by atoms with E-state index in [-0.39, 0.29) is 5.54 Å². The van der Waals surface area contributed by atoms with Crippen LogP contribution in [0, 0.1) is 0 Å². The number of aliphatic hydroxyl groups is 1. The fraction of sp³-hybridized carbons (Fsp3) is 0.667. The van der Waals surface area contributed by atoms with Gasteiger partial charge in [-0.2, -0.15) is 0 Å². The van der Waals surface area contributed by atoms with Crippen molar-refractivity contribution in [2.24, 2.45) is 0 Å². The molecule has 1 fully saturated rings. The zero-order chi connectivity index (χ0) is 14.8. The fourth-order valence-corrected chi connectivity index (χ4v) is 3.44. The molecular formula is C18H29NO.